The second-order valence-electron chi connectivity index (χ2n) is 5.30. The van der Waals surface area contributed by atoms with Crippen LogP contribution in [0, 0.1) is 0 Å². The summed E-state index contributed by atoms with van der Waals surface area (Å²) in [4.78, 5) is 2.54. The third-order valence-corrected chi connectivity index (χ3v) is 5.13. The smallest absolute Gasteiger partial charge is 0.0714 e. The van der Waals surface area contributed by atoms with Crippen molar-refractivity contribution < 1.29 is 0 Å². The van der Waals surface area contributed by atoms with Crippen LogP contribution >= 0.6 is 15.9 Å². The van der Waals surface area contributed by atoms with Gasteiger partial charge in [-0.2, -0.15) is 5.10 Å². The van der Waals surface area contributed by atoms with Crippen molar-refractivity contribution >= 4 is 15.9 Å². The van der Waals surface area contributed by atoms with E-state index in [4.69, 9.17) is 0 Å². The zero-order chi connectivity index (χ0) is 15.3. The summed E-state index contributed by atoms with van der Waals surface area (Å²) in [6.45, 7) is 14.2. The van der Waals surface area contributed by atoms with Crippen molar-refractivity contribution in [2.24, 2.45) is 0 Å². The Bertz CT molecular complexity index is 414. The highest BCUT2D eigenvalue weighted by molar-refractivity contribution is 9.10. The molecule has 0 radical (unpaired) electrons. The quantitative estimate of drug-likeness (QED) is 0.784. The number of hydrogen-bond acceptors (Lipinski definition) is 3. The summed E-state index contributed by atoms with van der Waals surface area (Å²) in [6.07, 6.45) is 2.99. The maximum Gasteiger partial charge on any atom is 0.0714 e. The molecular formula is C15H29BrN4. The van der Waals surface area contributed by atoms with Crippen LogP contribution in [0.1, 0.15) is 52.8 Å². The van der Waals surface area contributed by atoms with Crippen LogP contribution in [0.15, 0.2) is 10.7 Å². The molecule has 2 unspecified atom stereocenters. The molecule has 4 nitrogen and oxygen atoms in total. The zero-order valence-corrected chi connectivity index (χ0v) is 15.3. The Morgan fingerprint density at radius 2 is 1.95 bits per heavy atom. The highest BCUT2D eigenvalue weighted by Gasteiger charge is 2.39. The van der Waals surface area contributed by atoms with E-state index < -0.39 is 0 Å². The summed E-state index contributed by atoms with van der Waals surface area (Å²) in [5.41, 5.74) is 1.31. The number of hydrogen-bond donors (Lipinski definition) is 1. The van der Waals surface area contributed by atoms with Gasteiger partial charge in [0.15, 0.2) is 0 Å². The van der Waals surface area contributed by atoms with Crippen molar-refractivity contribution in [3.05, 3.63) is 16.4 Å². The number of aryl methyl sites for hydroxylation is 1. The SMILES string of the molecule is CCN(CC)C(C)(CC)C(NC)c1c(Br)cnn1CC. The minimum atomic E-state index is 0.0632. The van der Waals surface area contributed by atoms with Crippen LogP contribution in [0.5, 0.6) is 0 Å². The van der Waals surface area contributed by atoms with E-state index in [1.807, 2.05) is 13.2 Å². The van der Waals surface area contributed by atoms with Gasteiger partial charge in [-0.3, -0.25) is 9.58 Å². The van der Waals surface area contributed by atoms with Crippen LogP contribution in [0.3, 0.4) is 0 Å². The Labute approximate surface area is 132 Å². The van der Waals surface area contributed by atoms with Gasteiger partial charge in [0.25, 0.3) is 0 Å². The van der Waals surface area contributed by atoms with Crippen LogP contribution < -0.4 is 5.32 Å². The molecule has 0 spiro atoms. The minimum absolute atomic E-state index is 0.0632. The normalized spacial score (nSPS) is 16.4. The van der Waals surface area contributed by atoms with Crippen LogP contribution in [0.4, 0.5) is 0 Å². The summed E-state index contributed by atoms with van der Waals surface area (Å²) in [6, 6.07) is 0.240. The summed E-state index contributed by atoms with van der Waals surface area (Å²) in [7, 11) is 2.04. The predicted octanol–water partition coefficient (Wildman–Crippen LogP) is 3.44. The summed E-state index contributed by atoms with van der Waals surface area (Å²) >= 11 is 3.67. The molecule has 5 heteroatoms. The van der Waals surface area contributed by atoms with Gasteiger partial charge in [0.05, 0.1) is 22.4 Å². The largest absolute Gasteiger partial charge is 0.310 e. The second kappa shape index (κ2) is 7.57. The third kappa shape index (κ3) is 3.10. The van der Waals surface area contributed by atoms with Gasteiger partial charge in [-0.25, -0.2) is 0 Å². The fourth-order valence-electron chi connectivity index (χ4n) is 3.21. The van der Waals surface area contributed by atoms with Gasteiger partial charge in [0, 0.05) is 12.1 Å². The van der Waals surface area contributed by atoms with Gasteiger partial charge >= 0.3 is 0 Å². The van der Waals surface area contributed by atoms with Crippen molar-refractivity contribution in [3.8, 4) is 0 Å². The molecule has 20 heavy (non-hydrogen) atoms. The number of aromatic nitrogens is 2. The van der Waals surface area contributed by atoms with Gasteiger partial charge < -0.3 is 5.32 Å². The molecule has 116 valence electrons. The first-order chi connectivity index (χ1) is 9.49. The third-order valence-electron chi connectivity index (χ3n) is 4.52. The monoisotopic (exact) mass is 344 g/mol. The zero-order valence-electron chi connectivity index (χ0n) is 13.7. The highest BCUT2D eigenvalue weighted by atomic mass is 79.9. The molecule has 1 rings (SSSR count). The van der Waals surface area contributed by atoms with E-state index in [0.717, 1.165) is 30.5 Å². The van der Waals surface area contributed by atoms with E-state index in [-0.39, 0.29) is 11.6 Å². The Balaban J connectivity index is 3.31. The Morgan fingerprint density at radius 1 is 1.35 bits per heavy atom. The average Bonchev–Trinajstić information content (AvgIpc) is 2.82. The standard InChI is InChI=1S/C15H29BrN4/c1-7-15(5,19(8-2)9-3)14(17-6)13-12(16)11-18-20(13)10-4/h11,14,17H,7-10H2,1-6H3. The van der Waals surface area contributed by atoms with Crippen LogP contribution in [0.25, 0.3) is 0 Å². The predicted molar refractivity (Wildman–Crippen MR) is 89.0 cm³/mol. The van der Waals surface area contributed by atoms with E-state index in [1.54, 1.807) is 0 Å². The summed E-state index contributed by atoms with van der Waals surface area (Å²) in [5.74, 6) is 0. The van der Waals surface area contributed by atoms with Crippen LogP contribution in [0.2, 0.25) is 0 Å². The maximum atomic E-state index is 4.47. The molecule has 0 amide bonds. The molecule has 1 aromatic heterocycles. The number of nitrogens with zero attached hydrogens (tertiary/aromatic N) is 3. The average molecular weight is 345 g/mol. The molecule has 0 aliphatic carbocycles. The molecular weight excluding hydrogens is 316 g/mol. The highest BCUT2D eigenvalue weighted by Crippen LogP contribution is 2.37. The van der Waals surface area contributed by atoms with Gasteiger partial charge in [0.1, 0.15) is 0 Å². The van der Waals surface area contributed by atoms with Crippen molar-refractivity contribution in [1.29, 1.82) is 0 Å². The molecule has 0 aromatic carbocycles. The summed E-state index contributed by atoms with van der Waals surface area (Å²) < 4.78 is 3.17. The molecule has 0 aliphatic heterocycles. The van der Waals surface area contributed by atoms with E-state index >= 15 is 0 Å². The lowest BCUT2D eigenvalue weighted by Gasteiger charge is -2.45. The van der Waals surface area contributed by atoms with E-state index in [9.17, 15) is 0 Å². The van der Waals surface area contributed by atoms with Crippen molar-refractivity contribution in [3.63, 3.8) is 0 Å². The number of rotatable bonds is 8. The molecule has 0 bridgehead atoms. The molecule has 1 heterocycles. The second-order valence-corrected chi connectivity index (χ2v) is 6.15. The van der Waals surface area contributed by atoms with E-state index in [1.165, 1.54) is 5.69 Å². The van der Waals surface area contributed by atoms with Gasteiger partial charge in [-0.1, -0.05) is 20.8 Å². The maximum absolute atomic E-state index is 4.47. The van der Waals surface area contributed by atoms with Crippen molar-refractivity contribution in [2.75, 3.05) is 20.1 Å². The molecule has 1 N–H and O–H groups in total. The van der Waals surface area contributed by atoms with Crippen molar-refractivity contribution in [1.82, 2.24) is 20.0 Å². The Morgan fingerprint density at radius 3 is 2.35 bits per heavy atom. The minimum Gasteiger partial charge on any atom is -0.310 e. The van der Waals surface area contributed by atoms with Gasteiger partial charge in [-0.15, -0.1) is 0 Å². The molecule has 1 aromatic rings. The molecule has 2 atom stereocenters. The van der Waals surface area contributed by atoms with Gasteiger partial charge in [-0.05, 0) is 56.3 Å². The first-order valence-electron chi connectivity index (χ1n) is 7.63. The van der Waals surface area contributed by atoms with Crippen LogP contribution in [-0.2, 0) is 6.54 Å². The fraction of sp³-hybridized carbons (Fsp3) is 0.800. The number of halogens is 1. The number of likely N-dealkylation sites (N-methyl/N-ethyl adjacent to an activating group) is 2. The van der Waals surface area contributed by atoms with Crippen molar-refractivity contribution in [2.45, 2.75) is 59.2 Å². The molecule has 0 saturated heterocycles. The molecule has 0 saturated carbocycles. The lowest BCUT2D eigenvalue weighted by molar-refractivity contribution is 0.0692. The topological polar surface area (TPSA) is 33.1 Å². The first kappa shape index (κ1) is 17.7. The van der Waals surface area contributed by atoms with E-state index in [2.05, 4.69) is 70.5 Å². The first-order valence-corrected chi connectivity index (χ1v) is 8.42. The molecule has 0 aliphatic rings. The lowest BCUT2D eigenvalue weighted by Crippen LogP contribution is -2.54. The summed E-state index contributed by atoms with van der Waals surface area (Å²) in [5, 5.41) is 8.00. The Kier molecular flexibility index (Phi) is 6.69. The number of nitrogens with one attached hydrogen (secondary N) is 1. The Hall–Kier alpha value is -0.390. The van der Waals surface area contributed by atoms with E-state index in [0.29, 0.717) is 0 Å². The van der Waals surface area contributed by atoms with Gasteiger partial charge in [0.2, 0.25) is 0 Å². The van der Waals surface area contributed by atoms with Crippen LogP contribution in [-0.4, -0.2) is 40.4 Å². The molecule has 0 fully saturated rings. The lowest BCUT2D eigenvalue weighted by atomic mass is 9.85. The fourth-order valence-corrected chi connectivity index (χ4v) is 3.73.